The van der Waals surface area contributed by atoms with Crippen LogP contribution in [0.15, 0.2) is 53.0 Å². The number of para-hydroxylation sites is 1. The number of amides is 2. The highest BCUT2D eigenvalue weighted by atomic mass is 79.9. The number of hydrogen-bond donors (Lipinski definition) is 1. The van der Waals surface area contributed by atoms with E-state index in [4.69, 9.17) is 4.74 Å². The van der Waals surface area contributed by atoms with Gasteiger partial charge in [-0.3, -0.25) is 9.59 Å². The molecule has 0 saturated heterocycles. The molecule has 2 aromatic carbocycles. The van der Waals surface area contributed by atoms with Gasteiger partial charge in [0.05, 0.1) is 0 Å². The summed E-state index contributed by atoms with van der Waals surface area (Å²) in [6, 6.07) is 15.2. The van der Waals surface area contributed by atoms with Crippen LogP contribution in [0.25, 0.3) is 0 Å². The fourth-order valence-electron chi connectivity index (χ4n) is 4.20. The summed E-state index contributed by atoms with van der Waals surface area (Å²) in [4.78, 5) is 28.0. The molecule has 1 atom stereocenters. The molecule has 0 bridgehead atoms. The highest BCUT2D eigenvalue weighted by Gasteiger charge is 2.29. The molecule has 2 amide bonds. The van der Waals surface area contributed by atoms with Crippen molar-refractivity contribution in [1.82, 2.24) is 10.2 Å². The van der Waals surface area contributed by atoms with E-state index < -0.39 is 6.04 Å². The van der Waals surface area contributed by atoms with Gasteiger partial charge in [-0.25, -0.2) is 0 Å². The van der Waals surface area contributed by atoms with E-state index in [1.807, 2.05) is 48.5 Å². The maximum Gasteiger partial charge on any atom is 0.261 e. The summed E-state index contributed by atoms with van der Waals surface area (Å²) in [5.74, 6) is 0.378. The van der Waals surface area contributed by atoms with Crippen molar-refractivity contribution in [3.05, 3.63) is 64.1 Å². The molecule has 3 rings (SSSR count). The highest BCUT2D eigenvalue weighted by molar-refractivity contribution is 9.10. The zero-order chi connectivity index (χ0) is 24.0. The van der Waals surface area contributed by atoms with Crippen LogP contribution in [-0.4, -0.2) is 35.4 Å². The van der Waals surface area contributed by atoms with Gasteiger partial charge in [-0.15, -0.1) is 0 Å². The molecule has 1 fully saturated rings. The standard InChI is InChI=1S/C27H35BrN2O3/c1-19(26(32)29-22-9-5-6-10-22)30(17-20-13-15-21(28)16-14-20)25(31)18-33-24-12-8-7-11-23(24)27(2,3)4/h7-8,11-16,19,22H,5-6,9-10,17-18H2,1-4H3,(H,29,32)/t19-/m0/s1. The number of carbonyl (C=O) groups is 2. The van der Waals surface area contributed by atoms with Crippen molar-refractivity contribution in [2.24, 2.45) is 0 Å². The van der Waals surface area contributed by atoms with E-state index >= 15 is 0 Å². The van der Waals surface area contributed by atoms with Crippen molar-refractivity contribution in [1.29, 1.82) is 0 Å². The molecular formula is C27H35BrN2O3. The second kappa shape index (κ2) is 11.2. The van der Waals surface area contributed by atoms with E-state index in [2.05, 4.69) is 42.0 Å². The van der Waals surface area contributed by atoms with Gasteiger partial charge < -0.3 is 15.0 Å². The molecule has 1 aliphatic carbocycles. The lowest BCUT2D eigenvalue weighted by Crippen LogP contribution is -2.50. The van der Waals surface area contributed by atoms with Crippen molar-refractivity contribution in [3.63, 3.8) is 0 Å². The molecule has 5 nitrogen and oxygen atoms in total. The molecule has 0 heterocycles. The van der Waals surface area contributed by atoms with Crippen LogP contribution in [0, 0.1) is 0 Å². The van der Waals surface area contributed by atoms with Gasteiger partial charge >= 0.3 is 0 Å². The first-order valence-corrected chi connectivity index (χ1v) is 12.5. The summed E-state index contributed by atoms with van der Waals surface area (Å²) in [5.41, 5.74) is 1.90. The monoisotopic (exact) mass is 514 g/mol. The van der Waals surface area contributed by atoms with E-state index in [9.17, 15) is 9.59 Å². The quantitative estimate of drug-likeness (QED) is 0.498. The number of nitrogens with one attached hydrogen (secondary N) is 1. The van der Waals surface area contributed by atoms with Crippen molar-refractivity contribution in [3.8, 4) is 5.75 Å². The summed E-state index contributed by atoms with van der Waals surface area (Å²) in [5, 5.41) is 3.13. The first kappa shape index (κ1) is 25.3. The number of nitrogens with zero attached hydrogens (tertiary/aromatic N) is 1. The molecule has 0 aromatic heterocycles. The molecule has 2 aromatic rings. The number of benzene rings is 2. The number of carbonyl (C=O) groups excluding carboxylic acids is 2. The molecule has 33 heavy (non-hydrogen) atoms. The molecule has 0 spiro atoms. The first-order chi connectivity index (χ1) is 15.6. The average Bonchev–Trinajstić information content (AvgIpc) is 3.29. The highest BCUT2D eigenvalue weighted by Crippen LogP contribution is 2.31. The van der Waals surface area contributed by atoms with Gasteiger partial charge in [0.1, 0.15) is 11.8 Å². The van der Waals surface area contributed by atoms with E-state index in [-0.39, 0.29) is 29.9 Å². The van der Waals surface area contributed by atoms with Crippen molar-refractivity contribution in [2.75, 3.05) is 6.61 Å². The number of ether oxygens (including phenoxy) is 1. The Balaban J connectivity index is 1.75. The van der Waals surface area contributed by atoms with Gasteiger partial charge in [0.2, 0.25) is 5.91 Å². The normalized spacial score (nSPS) is 15.2. The minimum absolute atomic E-state index is 0.106. The van der Waals surface area contributed by atoms with Crippen LogP contribution in [0.3, 0.4) is 0 Å². The van der Waals surface area contributed by atoms with Gasteiger partial charge in [-0.1, -0.05) is 79.9 Å². The van der Waals surface area contributed by atoms with Gasteiger partial charge in [-0.05, 0) is 54.5 Å². The van der Waals surface area contributed by atoms with Gasteiger partial charge in [0.15, 0.2) is 6.61 Å². The predicted molar refractivity (Wildman–Crippen MR) is 135 cm³/mol. The number of halogens is 1. The van der Waals surface area contributed by atoms with E-state index in [0.717, 1.165) is 41.3 Å². The molecule has 1 aliphatic rings. The molecule has 6 heteroatoms. The Bertz CT molecular complexity index is 947. The third-order valence-electron chi connectivity index (χ3n) is 6.18. The maximum absolute atomic E-state index is 13.3. The summed E-state index contributed by atoms with van der Waals surface area (Å²) < 4.78 is 6.97. The third-order valence-corrected chi connectivity index (χ3v) is 6.71. The van der Waals surface area contributed by atoms with Crippen LogP contribution < -0.4 is 10.1 Å². The first-order valence-electron chi connectivity index (χ1n) is 11.7. The molecular weight excluding hydrogens is 480 g/mol. The number of rotatable bonds is 8. The zero-order valence-electron chi connectivity index (χ0n) is 20.1. The SMILES string of the molecule is C[C@@H](C(=O)NC1CCCC1)N(Cc1ccc(Br)cc1)C(=O)COc1ccccc1C(C)(C)C. The topological polar surface area (TPSA) is 58.6 Å². The summed E-state index contributed by atoms with van der Waals surface area (Å²) in [7, 11) is 0. The minimum Gasteiger partial charge on any atom is -0.483 e. The van der Waals surface area contributed by atoms with E-state index in [1.165, 1.54) is 0 Å². The van der Waals surface area contributed by atoms with Crippen LogP contribution in [0.4, 0.5) is 0 Å². The van der Waals surface area contributed by atoms with Crippen molar-refractivity contribution in [2.45, 2.75) is 77.4 Å². The smallest absolute Gasteiger partial charge is 0.261 e. The Hall–Kier alpha value is -2.34. The maximum atomic E-state index is 13.3. The van der Waals surface area contributed by atoms with Crippen LogP contribution in [0.2, 0.25) is 0 Å². The van der Waals surface area contributed by atoms with Crippen LogP contribution >= 0.6 is 15.9 Å². The number of hydrogen-bond acceptors (Lipinski definition) is 3. The molecule has 1 N–H and O–H groups in total. The van der Waals surface area contributed by atoms with Crippen LogP contribution in [0.1, 0.15) is 64.5 Å². The van der Waals surface area contributed by atoms with Gasteiger partial charge in [0.25, 0.3) is 5.91 Å². The lowest BCUT2D eigenvalue weighted by molar-refractivity contribution is -0.142. The average molecular weight is 515 g/mol. The Kier molecular flexibility index (Phi) is 8.57. The molecule has 0 unspecified atom stereocenters. The van der Waals surface area contributed by atoms with Gasteiger partial charge in [0, 0.05) is 17.1 Å². The summed E-state index contributed by atoms with van der Waals surface area (Å²) in [6.07, 6.45) is 4.29. The fraction of sp³-hybridized carbons (Fsp3) is 0.481. The largest absolute Gasteiger partial charge is 0.483 e. The summed E-state index contributed by atoms with van der Waals surface area (Å²) in [6.45, 7) is 8.37. The molecule has 1 saturated carbocycles. The van der Waals surface area contributed by atoms with E-state index in [1.54, 1.807) is 11.8 Å². The summed E-state index contributed by atoms with van der Waals surface area (Å²) >= 11 is 3.45. The van der Waals surface area contributed by atoms with E-state index in [0.29, 0.717) is 12.3 Å². The lowest BCUT2D eigenvalue weighted by atomic mass is 9.86. The third kappa shape index (κ3) is 7.07. The Morgan fingerprint density at radius 3 is 2.36 bits per heavy atom. The van der Waals surface area contributed by atoms with Crippen molar-refractivity contribution >= 4 is 27.7 Å². The zero-order valence-corrected chi connectivity index (χ0v) is 21.7. The Morgan fingerprint density at radius 1 is 1.09 bits per heavy atom. The molecule has 178 valence electrons. The van der Waals surface area contributed by atoms with Crippen molar-refractivity contribution < 1.29 is 14.3 Å². The fourth-order valence-corrected chi connectivity index (χ4v) is 4.46. The van der Waals surface area contributed by atoms with Gasteiger partial charge in [-0.2, -0.15) is 0 Å². The predicted octanol–water partition coefficient (Wildman–Crippen LogP) is 5.60. The van der Waals surface area contributed by atoms with Crippen LogP contribution in [0.5, 0.6) is 5.75 Å². The second-order valence-corrected chi connectivity index (χ2v) is 10.8. The minimum atomic E-state index is -0.594. The molecule has 0 radical (unpaired) electrons. The Morgan fingerprint density at radius 2 is 1.73 bits per heavy atom. The lowest BCUT2D eigenvalue weighted by Gasteiger charge is -2.30. The second-order valence-electron chi connectivity index (χ2n) is 9.85. The molecule has 0 aliphatic heterocycles. The Labute approximate surface area is 206 Å². The van der Waals surface area contributed by atoms with Crippen LogP contribution in [-0.2, 0) is 21.5 Å².